The molecule has 21 heavy (non-hydrogen) atoms. The third-order valence-corrected chi connectivity index (χ3v) is 3.24. The van der Waals surface area contributed by atoms with Gasteiger partial charge in [-0.05, 0) is 30.7 Å². The summed E-state index contributed by atoms with van der Waals surface area (Å²) < 4.78 is 43.9. The first-order valence-electron chi connectivity index (χ1n) is 7.47. The highest BCUT2D eigenvalue weighted by Crippen LogP contribution is 2.30. The third-order valence-electron chi connectivity index (χ3n) is 3.24. The van der Waals surface area contributed by atoms with E-state index in [1.807, 2.05) is 6.92 Å². The van der Waals surface area contributed by atoms with Crippen molar-refractivity contribution in [3.05, 3.63) is 35.4 Å². The number of likely N-dealkylation sites (N-methyl/N-ethyl adjacent to an activating group) is 1. The average molecular weight is 303 g/mol. The lowest BCUT2D eigenvalue weighted by atomic mass is 10.0. The molecule has 0 heterocycles. The van der Waals surface area contributed by atoms with Crippen LogP contribution in [0.2, 0.25) is 0 Å². The predicted molar refractivity (Wildman–Crippen MR) is 78.2 cm³/mol. The number of hydrogen-bond donors (Lipinski definition) is 1. The summed E-state index contributed by atoms with van der Waals surface area (Å²) >= 11 is 0. The Bertz CT molecular complexity index is 407. The van der Waals surface area contributed by atoms with Crippen LogP contribution in [0.4, 0.5) is 13.2 Å². The predicted octanol–water partition coefficient (Wildman–Crippen LogP) is 4.56. The summed E-state index contributed by atoms with van der Waals surface area (Å²) in [5.74, 6) is 0. The first kappa shape index (κ1) is 18.0. The first-order chi connectivity index (χ1) is 9.99. The van der Waals surface area contributed by atoms with Gasteiger partial charge in [0.15, 0.2) is 0 Å². The second-order valence-corrected chi connectivity index (χ2v) is 5.02. The van der Waals surface area contributed by atoms with E-state index < -0.39 is 11.7 Å². The van der Waals surface area contributed by atoms with Crippen molar-refractivity contribution in [1.29, 1.82) is 0 Å². The highest BCUT2D eigenvalue weighted by Gasteiger charge is 2.30. The summed E-state index contributed by atoms with van der Waals surface area (Å²) in [4.78, 5) is 0. The fraction of sp³-hybridized carbons (Fsp3) is 0.625. The Morgan fingerprint density at radius 3 is 2.57 bits per heavy atom. The molecule has 1 N–H and O–H groups in total. The Hall–Kier alpha value is -1.07. The van der Waals surface area contributed by atoms with Gasteiger partial charge in [-0.25, -0.2) is 0 Å². The fourth-order valence-electron chi connectivity index (χ4n) is 2.11. The van der Waals surface area contributed by atoms with Crippen LogP contribution in [0.3, 0.4) is 0 Å². The maximum absolute atomic E-state index is 12.8. The summed E-state index contributed by atoms with van der Waals surface area (Å²) in [6, 6.07) is 5.23. The van der Waals surface area contributed by atoms with Gasteiger partial charge in [0.05, 0.1) is 18.2 Å². The molecular formula is C16H24F3NO. The van der Waals surface area contributed by atoms with Crippen LogP contribution in [0.25, 0.3) is 0 Å². The second kappa shape index (κ2) is 9.05. The zero-order valence-corrected chi connectivity index (χ0v) is 12.7. The average Bonchev–Trinajstić information content (AvgIpc) is 2.45. The Labute approximate surface area is 124 Å². The van der Waals surface area contributed by atoms with E-state index in [9.17, 15) is 13.2 Å². The Balaban J connectivity index is 2.67. The number of hydrogen-bond acceptors (Lipinski definition) is 2. The molecule has 5 heteroatoms. The first-order valence-corrected chi connectivity index (χ1v) is 7.47. The van der Waals surface area contributed by atoms with Crippen molar-refractivity contribution in [3.8, 4) is 0 Å². The van der Waals surface area contributed by atoms with E-state index >= 15 is 0 Å². The molecule has 0 saturated heterocycles. The van der Waals surface area contributed by atoms with Crippen molar-refractivity contribution in [1.82, 2.24) is 5.32 Å². The number of ether oxygens (including phenoxy) is 1. The normalized spacial score (nSPS) is 13.4. The Morgan fingerprint density at radius 2 is 1.95 bits per heavy atom. The van der Waals surface area contributed by atoms with Crippen molar-refractivity contribution < 1.29 is 17.9 Å². The number of unbranched alkanes of at least 4 members (excludes halogenated alkanes) is 2. The molecule has 0 spiro atoms. The van der Waals surface area contributed by atoms with Crippen LogP contribution < -0.4 is 5.32 Å². The van der Waals surface area contributed by atoms with Crippen molar-refractivity contribution in [2.45, 2.75) is 45.3 Å². The second-order valence-electron chi connectivity index (χ2n) is 5.02. The molecule has 0 aliphatic heterocycles. The molecule has 120 valence electrons. The highest BCUT2D eigenvalue weighted by molar-refractivity contribution is 5.28. The van der Waals surface area contributed by atoms with Crippen molar-refractivity contribution >= 4 is 0 Å². The summed E-state index contributed by atoms with van der Waals surface area (Å²) in [6.07, 6.45) is -1.10. The van der Waals surface area contributed by atoms with Crippen LogP contribution in [0.1, 0.15) is 50.3 Å². The van der Waals surface area contributed by atoms with E-state index in [1.54, 1.807) is 6.07 Å². The van der Waals surface area contributed by atoms with Crippen LogP contribution in [-0.4, -0.2) is 19.8 Å². The number of alkyl halides is 3. The number of halogens is 3. The lowest BCUT2D eigenvalue weighted by molar-refractivity contribution is -0.137. The molecule has 0 bridgehead atoms. The van der Waals surface area contributed by atoms with E-state index in [0.717, 1.165) is 25.3 Å². The smallest absolute Gasteiger partial charge is 0.379 e. The van der Waals surface area contributed by atoms with Crippen molar-refractivity contribution in [2.75, 3.05) is 19.8 Å². The SMILES string of the molecule is CCCCCOCC(NCC)c1cccc(C(F)(F)F)c1. The van der Waals surface area contributed by atoms with Crippen LogP contribution in [-0.2, 0) is 10.9 Å². The molecule has 1 aromatic rings. The van der Waals surface area contributed by atoms with E-state index in [1.165, 1.54) is 12.1 Å². The van der Waals surface area contributed by atoms with Crippen LogP contribution in [0.5, 0.6) is 0 Å². The van der Waals surface area contributed by atoms with Crippen molar-refractivity contribution in [2.24, 2.45) is 0 Å². The van der Waals surface area contributed by atoms with E-state index in [2.05, 4.69) is 12.2 Å². The molecule has 1 atom stereocenters. The van der Waals surface area contributed by atoms with Gasteiger partial charge in [-0.1, -0.05) is 38.8 Å². The number of nitrogens with one attached hydrogen (secondary N) is 1. The largest absolute Gasteiger partial charge is 0.416 e. The van der Waals surface area contributed by atoms with Gasteiger partial charge in [-0.15, -0.1) is 0 Å². The van der Waals surface area contributed by atoms with E-state index in [4.69, 9.17) is 4.74 Å². The van der Waals surface area contributed by atoms with Gasteiger partial charge in [-0.2, -0.15) is 13.2 Å². The topological polar surface area (TPSA) is 21.3 Å². The summed E-state index contributed by atoms with van der Waals surface area (Å²) in [5.41, 5.74) is -0.00366. The molecule has 0 fully saturated rings. The van der Waals surface area contributed by atoms with Gasteiger partial charge in [-0.3, -0.25) is 0 Å². The third kappa shape index (κ3) is 6.48. The Morgan fingerprint density at radius 1 is 1.19 bits per heavy atom. The molecule has 2 nitrogen and oxygen atoms in total. The number of rotatable bonds is 9. The summed E-state index contributed by atoms with van der Waals surface area (Å²) in [6.45, 7) is 5.76. The molecule has 0 radical (unpaired) electrons. The molecule has 0 aliphatic rings. The molecule has 0 saturated carbocycles. The minimum atomic E-state index is -4.31. The summed E-state index contributed by atoms with van der Waals surface area (Å²) in [7, 11) is 0. The molecule has 0 amide bonds. The molecule has 0 aliphatic carbocycles. The maximum atomic E-state index is 12.8. The highest BCUT2D eigenvalue weighted by atomic mass is 19.4. The summed E-state index contributed by atoms with van der Waals surface area (Å²) in [5, 5.41) is 3.18. The quantitative estimate of drug-likeness (QED) is 0.675. The minimum absolute atomic E-state index is 0.209. The fourth-order valence-corrected chi connectivity index (χ4v) is 2.11. The zero-order valence-electron chi connectivity index (χ0n) is 12.7. The minimum Gasteiger partial charge on any atom is -0.379 e. The van der Waals surface area contributed by atoms with Crippen LogP contribution in [0.15, 0.2) is 24.3 Å². The van der Waals surface area contributed by atoms with Crippen LogP contribution in [0, 0.1) is 0 Å². The lowest BCUT2D eigenvalue weighted by Gasteiger charge is -2.19. The molecular weight excluding hydrogens is 279 g/mol. The van der Waals surface area contributed by atoms with Gasteiger partial charge in [0.1, 0.15) is 0 Å². The molecule has 1 unspecified atom stereocenters. The molecule has 1 rings (SSSR count). The van der Waals surface area contributed by atoms with Crippen molar-refractivity contribution in [3.63, 3.8) is 0 Å². The standard InChI is InChI=1S/C16H24F3NO/c1-3-5-6-10-21-12-15(20-4-2)13-8-7-9-14(11-13)16(17,18)19/h7-9,11,15,20H,3-6,10,12H2,1-2H3. The zero-order chi connectivity index (χ0) is 15.7. The molecule has 0 aromatic heterocycles. The van der Waals surface area contributed by atoms with Crippen LogP contribution >= 0.6 is 0 Å². The lowest BCUT2D eigenvalue weighted by Crippen LogP contribution is -2.26. The van der Waals surface area contributed by atoms with E-state index in [-0.39, 0.29) is 6.04 Å². The van der Waals surface area contributed by atoms with Gasteiger partial charge >= 0.3 is 6.18 Å². The maximum Gasteiger partial charge on any atom is 0.416 e. The Kier molecular flexibility index (Phi) is 7.75. The van der Waals surface area contributed by atoms with Gasteiger partial charge in [0.2, 0.25) is 0 Å². The van der Waals surface area contributed by atoms with Gasteiger partial charge in [0.25, 0.3) is 0 Å². The monoisotopic (exact) mass is 303 g/mol. The van der Waals surface area contributed by atoms with E-state index in [0.29, 0.717) is 25.3 Å². The van der Waals surface area contributed by atoms with Gasteiger partial charge < -0.3 is 10.1 Å². The van der Waals surface area contributed by atoms with Gasteiger partial charge in [0, 0.05) is 6.61 Å². The number of benzene rings is 1. The molecule has 1 aromatic carbocycles.